The van der Waals surface area contributed by atoms with E-state index in [1.54, 1.807) is 84.9 Å². The van der Waals surface area contributed by atoms with Gasteiger partial charge >= 0.3 is 11.9 Å². The maximum Gasteiger partial charge on any atom is 0.346 e. The van der Waals surface area contributed by atoms with Crippen LogP contribution in [0, 0.1) is 0 Å². The smallest absolute Gasteiger partial charge is 0.346 e. The maximum absolute atomic E-state index is 13.5. The molecule has 4 rings (SSSR count). The van der Waals surface area contributed by atoms with Gasteiger partial charge in [0.2, 0.25) is 0 Å². The SMILES string of the molecule is O=C(OC(=O)C(=Cc1ccc(Cl)cc1Cl)c1ccc(Cl)cc1)C(=Cc1ccc(Cl)cc1Cl)c1ccc(Cl)cc1. The summed E-state index contributed by atoms with van der Waals surface area (Å²) in [6, 6.07) is 22.6. The Labute approximate surface area is 255 Å². The number of carbonyl (C=O) groups is 2. The van der Waals surface area contributed by atoms with Gasteiger partial charge in [-0.05, 0) is 82.9 Å². The van der Waals surface area contributed by atoms with Crippen molar-refractivity contribution in [2.45, 2.75) is 0 Å². The van der Waals surface area contributed by atoms with Crippen molar-refractivity contribution in [2.75, 3.05) is 0 Å². The van der Waals surface area contributed by atoms with Crippen LogP contribution in [0.15, 0.2) is 84.9 Å². The van der Waals surface area contributed by atoms with Crippen LogP contribution in [0.25, 0.3) is 23.3 Å². The molecule has 0 fully saturated rings. The average molecular weight is 637 g/mol. The molecular formula is C30H16Cl6O3. The molecule has 0 saturated carbocycles. The minimum atomic E-state index is -0.907. The zero-order chi connectivity index (χ0) is 28.1. The molecule has 4 aromatic carbocycles. The van der Waals surface area contributed by atoms with Gasteiger partial charge in [-0.1, -0.05) is 106 Å². The number of hydrogen-bond donors (Lipinski definition) is 0. The number of hydrogen-bond acceptors (Lipinski definition) is 3. The number of esters is 2. The number of rotatable bonds is 6. The van der Waals surface area contributed by atoms with Gasteiger partial charge < -0.3 is 4.74 Å². The lowest BCUT2D eigenvalue weighted by atomic mass is 10.0. The van der Waals surface area contributed by atoms with Crippen molar-refractivity contribution in [1.29, 1.82) is 0 Å². The van der Waals surface area contributed by atoms with E-state index < -0.39 is 11.9 Å². The van der Waals surface area contributed by atoms with E-state index in [0.717, 1.165) is 0 Å². The van der Waals surface area contributed by atoms with E-state index in [-0.39, 0.29) is 11.1 Å². The lowest BCUT2D eigenvalue weighted by molar-refractivity contribution is -0.150. The predicted molar refractivity (Wildman–Crippen MR) is 163 cm³/mol. The molecular weight excluding hydrogens is 621 g/mol. The van der Waals surface area contributed by atoms with Gasteiger partial charge in [0.1, 0.15) is 0 Å². The van der Waals surface area contributed by atoms with E-state index in [0.29, 0.717) is 52.4 Å². The molecule has 0 aromatic heterocycles. The summed E-state index contributed by atoms with van der Waals surface area (Å²) < 4.78 is 5.40. The molecule has 39 heavy (non-hydrogen) atoms. The van der Waals surface area contributed by atoms with Crippen molar-refractivity contribution >= 4 is 105 Å². The first kappa shape index (κ1) is 29.2. The standard InChI is InChI=1S/C30H16Cl6O3/c31-21-7-1-17(2-8-21)25(13-19-5-11-23(33)15-27(19)35)29(37)39-30(38)26(18-3-9-22(32)10-4-18)14-20-6-12-24(34)16-28(20)36/h1-16H. The first-order chi connectivity index (χ1) is 18.6. The Morgan fingerprint density at radius 2 is 0.821 bits per heavy atom. The van der Waals surface area contributed by atoms with E-state index in [2.05, 4.69) is 0 Å². The van der Waals surface area contributed by atoms with Gasteiger partial charge in [-0.25, -0.2) is 9.59 Å². The fourth-order valence-electron chi connectivity index (χ4n) is 3.52. The Hall–Kier alpha value is -2.76. The van der Waals surface area contributed by atoms with Gasteiger partial charge in [0.25, 0.3) is 0 Å². The van der Waals surface area contributed by atoms with E-state index in [4.69, 9.17) is 74.3 Å². The van der Waals surface area contributed by atoms with Crippen LogP contribution in [0.3, 0.4) is 0 Å². The highest BCUT2D eigenvalue weighted by Gasteiger charge is 2.23. The van der Waals surface area contributed by atoms with Gasteiger partial charge in [-0.3, -0.25) is 0 Å². The van der Waals surface area contributed by atoms with Crippen LogP contribution < -0.4 is 0 Å². The van der Waals surface area contributed by atoms with Gasteiger partial charge in [0.15, 0.2) is 0 Å². The average Bonchev–Trinajstić information content (AvgIpc) is 2.89. The van der Waals surface area contributed by atoms with Gasteiger partial charge in [-0.15, -0.1) is 0 Å². The van der Waals surface area contributed by atoms with Gasteiger partial charge in [-0.2, -0.15) is 0 Å². The van der Waals surface area contributed by atoms with E-state index in [1.165, 1.54) is 12.2 Å². The Kier molecular flexibility index (Phi) is 9.79. The molecule has 0 saturated heterocycles. The first-order valence-corrected chi connectivity index (χ1v) is 13.5. The summed E-state index contributed by atoms with van der Waals surface area (Å²) in [7, 11) is 0. The third kappa shape index (κ3) is 7.67. The summed E-state index contributed by atoms with van der Waals surface area (Å²) in [5, 5.41) is 2.43. The van der Waals surface area contributed by atoms with Crippen molar-refractivity contribution in [1.82, 2.24) is 0 Å². The highest BCUT2D eigenvalue weighted by Crippen LogP contribution is 2.30. The van der Waals surface area contributed by atoms with E-state index in [1.807, 2.05) is 0 Å². The molecule has 0 spiro atoms. The molecule has 0 aliphatic heterocycles. The second-order valence-corrected chi connectivity index (χ2v) is 10.7. The Bertz CT molecular complexity index is 1490. The molecule has 0 radical (unpaired) electrons. The lowest BCUT2D eigenvalue weighted by Crippen LogP contribution is -2.15. The molecule has 3 nitrogen and oxygen atoms in total. The number of ether oxygens (including phenoxy) is 1. The Morgan fingerprint density at radius 3 is 1.15 bits per heavy atom. The molecule has 0 N–H and O–H groups in total. The quantitative estimate of drug-likeness (QED) is 0.0915. The van der Waals surface area contributed by atoms with E-state index in [9.17, 15) is 9.59 Å². The first-order valence-electron chi connectivity index (χ1n) is 11.2. The molecule has 196 valence electrons. The number of benzene rings is 4. The zero-order valence-electron chi connectivity index (χ0n) is 19.7. The highest BCUT2D eigenvalue weighted by atomic mass is 35.5. The summed E-state index contributed by atoms with van der Waals surface area (Å²) >= 11 is 36.8. The monoisotopic (exact) mass is 634 g/mol. The third-order valence-electron chi connectivity index (χ3n) is 5.46. The summed E-state index contributed by atoms with van der Waals surface area (Å²) in [5.41, 5.74) is 2.06. The van der Waals surface area contributed by atoms with Crippen molar-refractivity contribution in [2.24, 2.45) is 0 Å². The molecule has 0 aliphatic carbocycles. The van der Waals surface area contributed by atoms with Gasteiger partial charge in [0.05, 0.1) is 11.1 Å². The number of carbonyl (C=O) groups excluding carboxylic acids is 2. The molecule has 0 amide bonds. The summed E-state index contributed by atoms with van der Waals surface area (Å²) in [6.45, 7) is 0. The summed E-state index contributed by atoms with van der Waals surface area (Å²) in [4.78, 5) is 26.9. The van der Waals surface area contributed by atoms with E-state index >= 15 is 0 Å². The fourth-order valence-corrected chi connectivity index (χ4v) is 4.70. The highest BCUT2D eigenvalue weighted by molar-refractivity contribution is 6.38. The van der Waals surface area contributed by atoms with Crippen molar-refractivity contribution in [3.05, 3.63) is 137 Å². The molecule has 0 atom stereocenters. The normalized spacial score (nSPS) is 11.8. The second kappa shape index (κ2) is 13.1. The van der Waals surface area contributed by atoms with Crippen LogP contribution in [-0.2, 0) is 14.3 Å². The summed E-state index contributed by atoms with van der Waals surface area (Å²) in [5.74, 6) is -1.81. The molecule has 0 bridgehead atoms. The van der Waals surface area contributed by atoms with Crippen LogP contribution in [0.1, 0.15) is 22.3 Å². The lowest BCUT2D eigenvalue weighted by Gasteiger charge is -2.12. The minimum Gasteiger partial charge on any atom is -0.386 e. The Morgan fingerprint density at radius 1 is 0.487 bits per heavy atom. The topological polar surface area (TPSA) is 43.4 Å². The molecule has 0 unspecified atom stereocenters. The van der Waals surface area contributed by atoms with Crippen molar-refractivity contribution in [3.8, 4) is 0 Å². The molecule has 0 aliphatic rings. The van der Waals surface area contributed by atoms with Gasteiger partial charge in [0, 0.05) is 30.1 Å². The second-order valence-electron chi connectivity index (χ2n) is 8.14. The Balaban J connectivity index is 1.75. The molecule has 9 heteroatoms. The summed E-state index contributed by atoms with van der Waals surface area (Å²) in [6.07, 6.45) is 3.03. The van der Waals surface area contributed by atoms with Crippen LogP contribution in [0.2, 0.25) is 30.1 Å². The minimum absolute atomic E-state index is 0.0734. The fraction of sp³-hybridized carbons (Fsp3) is 0. The largest absolute Gasteiger partial charge is 0.386 e. The maximum atomic E-state index is 13.5. The predicted octanol–water partition coefficient (Wildman–Crippen LogP) is 10.5. The van der Waals surface area contributed by atoms with Crippen molar-refractivity contribution < 1.29 is 14.3 Å². The van der Waals surface area contributed by atoms with Crippen LogP contribution in [-0.4, -0.2) is 11.9 Å². The van der Waals surface area contributed by atoms with Crippen LogP contribution in [0.5, 0.6) is 0 Å². The molecule has 4 aromatic rings. The van der Waals surface area contributed by atoms with Crippen LogP contribution in [0.4, 0.5) is 0 Å². The number of halogens is 6. The van der Waals surface area contributed by atoms with Crippen LogP contribution >= 0.6 is 69.6 Å². The third-order valence-corrected chi connectivity index (χ3v) is 7.09. The zero-order valence-corrected chi connectivity index (χ0v) is 24.3. The molecule has 0 heterocycles. The van der Waals surface area contributed by atoms with Crippen molar-refractivity contribution in [3.63, 3.8) is 0 Å².